The van der Waals surface area contributed by atoms with Crippen molar-refractivity contribution in [3.63, 3.8) is 0 Å². The number of rotatable bonds is 6. The lowest BCUT2D eigenvalue weighted by Crippen LogP contribution is -2.39. The van der Waals surface area contributed by atoms with Crippen molar-refractivity contribution in [1.29, 1.82) is 0 Å². The smallest absolute Gasteiger partial charge is 0.186 e. The molecular weight excluding hydrogens is 382 g/mol. The van der Waals surface area contributed by atoms with E-state index in [9.17, 15) is 0 Å². The Morgan fingerprint density at radius 3 is 3.04 bits per heavy atom. The quantitative estimate of drug-likeness (QED) is 0.253. The van der Waals surface area contributed by atoms with E-state index in [0.717, 1.165) is 67.8 Å². The maximum absolute atomic E-state index is 6.27. The fourth-order valence-corrected chi connectivity index (χ4v) is 3.30. The third-order valence-electron chi connectivity index (χ3n) is 4.44. The van der Waals surface area contributed by atoms with Crippen LogP contribution in [0.1, 0.15) is 17.5 Å². The summed E-state index contributed by atoms with van der Waals surface area (Å²) in [7, 11) is 0. The standard InChI is InChI=1S/C19H24ClN5OS/c1-14-4-2-5-15-12-16(18(20)23-17(14)15)13-22-24-19(27)21-6-3-7-25-8-10-26-11-9-25/h2,4-5,12-13H,3,6-11H2,1H3,(H2,21,24,27)/b22-13-. The average molecular weight is 406 g/mol. The lowest BCUT2D eigenvalue weighted by Gasteiger charge is -2.26. The SMILES string of the molecule is Cc1cccc2cc(/C=N\NC(=S)NCCCN3CCOCC3)c(Cl)nc12. The van der Waals surface area contributed by atoms with Crippen molar-refractivity contribution in [3.05, 3.63) is 40.5 Å². The minimum absolute atomic E-state index is 0.423. The second-order valence-corrected chi connectivity index (χ2v) is 7.21. The van der Waals surface area contributed by atoms with Gasteiger partial charge in [-0.2, -0.15) is 5.10 Å². The molecule has 1 aromatic heterocycles. The molecule has 6 nitrogen and oxygen atoms in total. The number of nitrogens with one attached hydrogen (secondary N) is 2. The van der Waals surface area contributed by atoms with Gasteiger partial charge in [-0.3, -0.25) is 10.3 Å². The van der Waals surface area contributed by atoms with Crippen LogP contribution in [-0.4, -0.2) is 60.6 Å². The zero-order chi connectivity index (χ0) is 19.1. The summed E-state index contributed by atoms with van der Waals surface area (Å²) >= 11 is 11.5. The first-order valence-corrected chi connectivity index (χ1v) is 9.85. The van der Waals surface area contributed by atoms with Crippen LogP contribution in [0.25, 0.3) is 10.9 Å². The molecule has 0 bridgehead atoms. The first kappa shape index (κ1) is 19.9. The largest absolute Gasteiger partial charge is 0.379 e. The Bertz CT molecular complexity index is 823. The first-order valence-electron chi connectivity index (χ1n) is 9.06. The summed E-state index contributed by atoms with van der Waals surface area (Å²) in [5, 5.41) is 9.28. The highest BCUT2D eigenvalue weighted by molar-refractivity contribution is 7.80. The van der Waals surface area contributed by atoms with E-state index >= 15 is 0 Å². The number of pyridine rings is 1. The third-order valence-corrected chi connectivity index (χ3v) is 4.98. The van der Waals surface area contributed by atoms with Crippen LogP contribution in [0.15, 0.2) is 29.4 Å². The molecule has 0 unspecified atom stereocenters. The van der Waals surface area contributed by atoms with Gasteiger partial charge in [0.25, 0.3) is 0 Å². The van der Waals surface area contributed by atoms with Gasteiger partial charge in [-0.05, 0) is 43.7 Å². The number of hydrogen-bond acceptors (Lipinski definition) is 5. The highest BCUT2D eigenvalue weighted by Crippen LogP contribution is 2.21. The van der Waals surface area contributed by atoms with Crippen LogP contribution in [0, 0.1) is 6.92 Å². The van der Waals surface area contributed by atoms with Gasteiger partial charge in [0.15, 0.2) is 5.11 Å². The minimum atomic E-state index is 0.423. The van der Waals surface area contributed by atoms with Crippen LogP contribution in [-0.2, 0) is 4.74 Å². The summed E-state index contributed by atoms with van der Waals surface area (Å²) in [5.41, 5.74) is 5.58. The Kier molecular flexibility index (Phi) is 7.34. The Morgan fingerprint density at radius 2 is 2.22 bits per heavy atom. The second-order valence-electron chi connectivity index (χ2n) is 6.45. The lowest BCUT2D eigenvalue weighted by atomic mass is 10.1. The number of morpholine rings is 1. The molecule has 1 aliphatic heterocycles. The van der Waals surface area contributed by atoms with Crippen LogP contribution in [0.4, 0.5) is 0 Å². The third kappa shape index (κ3) is 5.84. The summed E-state index contributed by atoms with van der Waals surface area (Å²) in [6, 6.07) is 8.01. The molecule has 27 heavy (non-hydrogen) atoms. The van der Waals surface area contributed by atoms with E-state index in [1.165, 1.54) is 0 Å². The van der Waals surface area contributed by atoms with Gasteiger partial charge in [0.1, 0.15) is 5.15 Å². The minimum Gasteiger partial charge on any atom is -0.379 e. The number of para-hydroxylation sites is 1. The van der Waals surface area contributed by atoms with Crippen molar-refractivity contribution in [2.75, 3.05) is 39.4 Å². The summed E-state index contributed by atoms with van der Waals surface area (Å²) in [4.78, 5) is 6.86. The van der Waals surface area contributed by atoms with E-state index in [-0.39, 0.29) is 0 Å². The Hall–Kier alpha value is -1.80. The van der Waals surface area contributed by atoms with Gasteiger partial charge in [-0.25, -0.2) is 4.98 Å². The number of hydrazone groups is 1. The molecule has 1 fully saturated rings. The van der Waals surface area contributed by atoms with Crippen LogP contribution in [0.5, 0.6) is 0 Å². The number of aromatic nitrogens is 1. The Labute approximate surface area is 169 Å². The van der Waals surface area contributed by atoms with Crippen LogP contribution >= 0.6 is 23.8 Å². The molecule has 1 aromatic carbocycles. The molecule has 8 heteroatoms. The number of fused-ring (bicyclic) bond motifs is 1. The Balaban J connectivity index is 1.45. The maximum Gasteiger partial charge on any atom is 0.186 e. The normalized spacial score (nSPS) is 15.3. The van der Waals surface area contributed by atoms with E-state index in [1.807, 2.05) is 31.2 Å². The van der Waals surface area contributed by atoms with Crippen molar-refractivity contribution < 1.29 is 4.74 Å². The van der Waals surface area contributed by atoms with Gasteiger partial charge >= 0.3 is 0 Å². The molecule has 0 atom stereocenters. The number of hydrogen-bond donors (Lipinski definition) is 2. The van der Waals surface area contributed by atoms with Crippen LogP contribution in [0.2, 0.25) is 5.15 Å². The van der Waals surface area contributed by atoms with Crippen LogP contribution in [0.3, 0.4) is 0 Å². The number of nitrogens with zero attached hydrogens (tertiary/aromatic N) is 3. The average Bonchev–Trinajstić information content (AvgIpc) is 2.67. The fraction of sp³-hybridized carbons (Fsp3) is 0.421. The first-order chi connectivity index (χ1) is 13.1. The van der Waals surface area contributed by atoms with Gasteiger partial charge in [0.2, 0.25) is 0 Å². The molecule has 0 amide bonds. The molecular formula is C19H24ClN5OS. The summed E-state index contributed by atoms with van der Waals surface area (Å²) in [5.74, 6) is 0. The molecule has 3 rings (SSSR count). The van der Waals surface area contributed by atoms with E-state index in [2.05, 4.69) is 25.7 Å². The van der Waals surface area contributed by atoms with Crippen molar-refractivity contribution in [3.8, 4) is 0 Å². The Morgan fingerprint density at radius 1 is 1.41 bits per heavy atom. The predicted octanol–water partition coefficient (Wildman–Crippen LogP) is 2.72. The molecule has 1 aliphatic rings. The molecule has 2 N–H and O–H groups in total. The van der Waals surface area contributed by atoms with Gasteiger partial charge in [-0.15, -0.1) is 0 Å². The molecule has 0 saturated carbocycles. The van der Waals surface area contributed by atoms with Gasteiger partial charge in [0.05, 0.1) is 24.9 Å². The molecule has 0 spiro atoms. The van der Waals surface area contributed by atoms with Crippen molar-refractivity contribution >= 4 is 46.0 Å². The summed E-state index contributed by atoms with van der Waals surface area (Å²) < 4.78 is 5.35. The van der Waals surface area contributed by atoms with Crippen molar-refractivity contribution in [1.82, 2.24) is 20.6 Å². The molecule has 2 aromatic rings. The second kappa shape index (κ2) is 9.94. The molecule has 1 saturated heterocycles. The summed E-state index contributed by atoms with van der Waals surface area (Å²) in [6.07, 6.45) is 2.66. The zero-order valence-electron chi connectivity index (χ0n) is 15.4. The fourth-order valence-electron chi connectivity index (χ4n) is 2.96. The van der Waals surface area contributed by atoms with E-state index < -0.39 is 0 Å². The molecule has 144 valence electrons. The topological polar surface area (TPSA) is 61.8 Å². The summed E-state index contributed by atoms with van der Waals surface area (Å²) in [6.45, 7) is 7.53. The number of benzene rings is 1. The van der Waals surface area contributed by atoms with Crippen LogP contribution < -0.4 is 10.7 Å². The number of thiocarbonyl (C=S) groups is 1. The number of halogens is 1. The molecule has 0 aliphatic carbocycles. The van der Waals surface area contributed by atoms with Crippen molar-refractivity contribution in [2.24, 2.45) is 5.10 Å². The van der Waals surface area contributed by atoms with E-state index in [0.29, 0.717) is 10.3 Å². The maximum atomic E-state index is 6.27. The molecule has 0 radical (unpaired) electrons. The number of aryl methyl sites for hydroxylation is 1. The van der Waals surface area contributed by atoms with Gasteiger partial charge in [-0.1, -0.05) is 29.8 Å². The van der Waals surface area contributed by atoms with Gasteiger partial charge < -0.3 is 10.1 Å². The van der Waals surface area contributed by atoms with E-state index in [1.54, 1.807) is 6.21 Å². The lowest BCUT2D eigenvalue weighted by molar-refractivity contribution is 0.0376. The zero-order valence-corrected chi connectivity index (χ0v) is 16.9. The highest BCUT2D eigenvalue weighted by atomic mass is 35.5. The predicted molar refractivity (Wildman–Crippen MR) is 115 cm³/mol. The molecule has 2 heterocycles. The highest BCUT2D eigenvalue weighted by Gasteiger charge is 2.09. The van der Waals surface area contributed by atoms with E-state index in [4.69, 9.17) is 28.6 Å². The monoisotopic (exact) mass is 405 g/mol. The van der Waals surface area contributed by atoms with Crippen molar-refractivity contribution in [2.45, 2.75) is 13.3 Å². The van der Waals surface area contributed by atoms with Gasteiger partial charge in [0, 0.05) is 30.6 Å². The number of ether oxygens (including phenoxy) is 1.